The van der Waals surface area contributed by atoms with Crippen molar-refractivity contribution in [2.24, 2.45) is 5.16 Å². The SMILES string of the molecule is CC(C)NC(=O)C(C)NC(=O)C1CC(c2ccccc2)=NO1. The largest absolute Gasteiger partial charge is 0.382 e. The highest BCUT2D eigenvalue weighted by Crippen LogP contribution is 2.16. The van der Waals surface area contributed by atoms with Crippen molar-refractivity contribution in [3.8, 4) is 0 Å². The van der Waals surface area contributed by atoms with Gasteiger partial charge in [-0.15, -0.1) is 0 Å². The Bertz CT molecular complexity index is 569. The van der Waals surface area contributed by atoms with Crippen LogP contribution < -0.4 is 10.6 Å². The Balaban J connectivity index is 1.87. The predicted molar refractivity (Wildman–Crippen MR) is 83.4 cm³/mol. The summed E-state index contributed by atoms with van der Waals surface area (Å²) in [4.78, 5) is 29.1. The molecule has 0 bridgehead atoms. The lowest BCUT2D eigenvalue weighted by Gasteiger charge is -2.17. The van der Waals surface area contributed by atoms with E-state index >= 15 is 0 Å². The van der Waals surface area contributed by atoms with E-state index in [4.69, 9.17) is 4.84 Å². The van der Waals surface area contributed by atoms with E-state index in [1.165, 1.54) is 0 Å². The molecule has 118 valence electrons. The molecular formula is C16H21N3O3. The first-order valence-corrected chi connectivity index (χ1v) is 7.36. The van der Waals surface area contributed by atoms with Crippen molar-refractivity contribution in [2.45, 2.75) is 45.4 Å². The first-order valence-electron chi connectivity index (χ1n) is 7.36. The van der Waals surface area contributed by atoms with E-state index in [0.29, 0.717) is 6.42 Å². The number of amides is 2. The summed E-state index contributed by atoms with van der Waals surface area (Å²) in [6.45, 7) is 5.38. The highest BCUT2D eigenvalue weighted by molar-refractivity contribution is 6.04. The van der Waals surface area contributed by atoms with Gasteiger partial charge in [-0.25, -0.2) is 0 Å². The van der Waals surface area contributed by atoms with Crippen LogP contribution in [0, 0.1) is 0 Å². The van der Waals surface area contributed by atoms with Gasteiger partial charge in [-0.1, -0.05) is 35.5 Å². The molecule has 0 aliphatic carbocycles. The third-order valence-electron chi connectivity index (χ3n) is 3.25. The number of oxime groups is 1. The van der Waals surface area contributed by atoms with Gasteiger partial charge in [-0.3, -0.25) is 9.59 Å². The van der Waals surface area contributed by atoms with Crippen LogP contribution in [0.4, 0.5) is 0 Å². The summed E-state index contributed by atoms with van der Waals surface area (Å²) < 4.78 is 0. The first-order chi connectivity index (χ1) is 10.5. The van der Waals surface area contributed by atoms with Crippen molar-refractivity contribution >= 4 is 17.5 Å². The maximum Gasteiger partial charge on any atom is 0.264 e. The number of carbonyl (C=O) groups excluding carboxylic acids is 2. The average Bonchev–Trinajstić information content (AvgIpc) is 2.97. The van der Waals surface area contributed by atoms with Gasteiger partial charge in [0.15, 0.2) is 0 Å². The van der Waals surface area contributed by atoms with E-state index in [2.05, 4.69) is 15.8 Å². The zero-order valence-electron chi connectivity index (χ0n) is 13.0. The number of hydrogen-bond donors (Lipinski definition) is 2. The fourth-order valence-corrected chi connectivity index (χ4v) is 2.10. The van der Waals surface area contributed by atoms with Crippen LogP contribution in [0.2, 0.25) is 0 Å². The predicted octanol–water partition coefficient (Wildman–Crippen LogP) is 1.21. The molecule has 2 amide bonds. The summed E-state index contributed by atoms with van der Waals surface area (Å²) in [7, 11) is 0. The molecule has 2 unspecified atom stereocenters. The molecule has 0 fully saturated rings. The lowest BCUT2D eigenvalue weighted by molar-refractivity contribution is -0.135. The standard InChI is InChI=1S/C16H21N3O3/c1-10(2)17-15(20)11(3)18-16(21)14-9-13(19-22-14)12-7-5-4-6-8-12/h4-8,10-11,14H,9H2,1-3H3,(H,17,20)(H,18,21). The summed E-state index contributed by atoms with van der Waals surface area (Å²) in [5.74, 6) is -0.549. The number of benzene rings is 1. The van der Waals surface area contributed by atoms with E-state index in [-0.39, 0.29) is 17.9 Å². The monoisotopic (exact) mass is 303 g/mol. The second kappa shape index (κ2) is 7.06. The van der Waals surface area contributed by atoms with Crippen LogP contribution in [0.5, 0.6) is 0 Å². The van der Waals surface area contributed by atoms with Gasteiger partial charge >= 0.3 is 0 Å². The van der Waals surface area contributed by atoms with Gasteiger partial charge in [0.2, 0.25) is 12.0 Å². The minimum absolute atomic E-state index is 0.0302. The second-order valence-corrected chi connectivity index (χ2v) is 5.60. The molecule has 2 atom stereocenters. The third-order valence-corrected chi connectivity index (χ3v) is 3.25. The Hall–Kier alpha value is -2.37. The molecule has 6 nitrogen and oxygen atoms in total. The zero-order chi connectivity index (χ0) is 16.1. The van der Waals surface area contributed by atoms with Crippen molar-refractivity contribution in [2.75, 3.05) is 0 Å². The Kier molecular flexibility index (Phi) is 5.14. The molecule has 0 saturated heterocycles. The van der Waals surface area contributed by atoms with Crippen LogP contribution in [0.25, 0.3) is 0 Å². The summed E-state index contributed by atoms with van der Waals surface area (Å²) >= 11 is 0. The number of nitrogens with zero attached hydrogens (tertiary/aromatic N) is 1. The molecule has 0 radical (unpaired) electrons. The molecule has 1 aromatic rings. The lowest BCUT2D eigenvalue weighted by Crippen LogP contribution is -2.49. The van der Waals surface area contributed by atoms with E-state index in [9.17, 15) is 9.59 Å². The van der Waals surface area contributed by atoms with Crippen molar-refractivity contribution < 1.29 is 14.4 Å². The topological polar surface area (TPSA) is 79.8 Å². The van der Waals surface area contributed by atoms with Crippen LogP contribution in [0.3, 0.4) is 0 Å². The Morgan fingerprint density at radius 1 is 1.18 bits per heavy atom. The van der Waals surface area contributed by atoms with Gasteiger partial charge in [0.25, 0.3) is 5.91 Å². The van der Waals surface area contributed by atoms with Crippen LogP contribution >= 0.6 is 0 Å². The van der Waals surface area contributed by atoms with Gasteiger partial charge in [0, 0.05) is 12.5 Å². The van der Waals surface area contributed by atoms with Gasteiger partial charge in [-0.05, 0) is 26.3 Å². The van der Waals surface area contributed by atoms with E-state index < -0.39 is 12.1 Å². The third kappa shape index (κ3) is 4.07. The zero-order valence-corrected chi connectivity index (χ0v) is 13.0. The van der Waals surface area contributed by atoms with Crippen LogP contribution in [0.15, 0.2) is 35.5 Å². The molecule has 6 heteroatoms. The van der Waals surface area contributed by atoms with E-state index in [1.807, 2.05) is 44.2 Å². The van der Waals surface area contributed by atoms with E-state index in [1.54, 1.807) is 6.92 Å². The highest BCUT2D eigenvalue weighted by Gasteiger charge is 2.30. The van der Waals surface area contributed by atoms with Crippen LogP contribution in [-0.2, 0) is 14.4 Å². The van der Waals surface area contributed by atoms with Crippen LogP contribution in [-0.4, -0.2) is 35.7 Å². The normalized spacial score (nSPS) is 18.4. The van der Waals surface area contributed by atoms with Gasteiger partial charge in [-0.2, -0.15) is 0 Å². The molecule has 1 heterocycles. The molecule has 1 aliphatic rings. The van der Waals surface area contributed by atoms with E-state index in [0.717, 1.165) is 11.3 Å². The van der Waals surface area contributed by atoms with Crippen molar-refractivity contribution in [1.29, 1.82) is 0 Å². The Labute approximate surface area is 129 Å². The summed E-state index contributed by atoms with van der Waals surface area (Å²) in [6, 6.07) is 8.98. The number of hydrogen-bond acceptors (Lipinski definition) is 4. The first kappa shape index (κ1) is 16.0. The van der Waals surface area contributed by atoms with Gasteiger partial charge in [0.05, 0.1) is 5.71 Å². The summed E-state index contributed by atoms with van der Waals surface area (Å²) in [5.41, 5.74) is 1.67. The summed E-state index contributed by atoms with van der Waals surface area (Å²) in [5, 5.41) is 9.36. The minimum atomic E-state index is -0.690. The maximum absolute atomic E-state index is 12.1. The van der Waals surface area contributed by atoms with Crippen LogP contribution in [0.1, 0.15) is 32.8 Å². The van der Waals surface area contributed by atoms with Crippen molar-refractivity contribution in [1.82, 2.24) is 10.6 Å². The van der Waals surface area contributed by atoms with Crippen molar-refractivity contribution in [3.63, 3.8) is 0 Å². The smallest absolute Gasteiger partial charge is 0.264 e. The maximum atomic E-state index is 12.1. The molecular weight excluding hydrogens is 282 g/mol. The number of carbonyl (C=O) groups is 2. The number of nitrogens with one attached hydrogen (secondary N) is 2. The molecule has 22 heavy (non-hydrogen) atoms. The van der Waals surface area contributed by atoms with Gasteiger partial charge in [0.1, 0.15) is 6.04 Å². The molecule has 0 aromatic heterocycles. The molecule has 2 N–H and O–H groups in total. The quantitative estimate of drug-likeness (QED) is 0.858. The van der Waals surface area contributed by atoms with Crippen molar-refractivity contribution in [3.05, 3.63) is 35.9 Å². The molecule has 1 aliphatic heterocycles. The number of rotatable bonds is 5. The molecule has 1 aromatic carbocycles. The summed E-state index contributed by atoms with van der Waals surface area (Å²) in [6.07, 6.45) is -0.293. The Morgan fingerprint density at radius 2 is 1.86 bits per heavy atom. The second-order valence-electron chi connectivity index (χ2n) is 5.60. The highest BCUT2D eigenvalue weighted by atomic mass is 16.6. The fourth-order valence-electron chi connectivity index (χ4n) is 2.10. The lowest BCUT2D eigenvalue weighted by atomic mass is 10.0. The minimum Gasteiger partial charge on any atom is -0.382 e. The molecule has 0 spiro atoms. The average molecular weight is 303 g/mol. The fraction of sp³-hybridized carbons (Fsp3) is 0.438. The Morgan fingerprint density at radius 3 is 2.50 bits per heavy atom. The van der Waals surface area contributed by atoms with Gasteiger partial charge < -0.3 is 15.5 Å². The molecule has 0 saturated carbocycles. The molecule has 2 rings (SSSR count).